The van der Waals surface area contributed by atoms with Gasteiger partial charge >= 0.3 is 0 Å². The van der Waals surface area contributed by atoms with Gasteiger partial charge in [0, 0.05) is 24.9 Å². The van der Waals surface area contributed by atoms with Gasteiger partial charge in [-0.3, -0.25) is 4.79 Å². The molecule has 0 aliphatic carbocycles. The zero-order valence-corrected chi connectivity index (χ0v) is 13.3. The van der Waals surface area contributed by atoms with Crippen LogP contribution in [-0.4, -0.2) is 22.8 Å². The lowest BCUT2D eigenvalue weighted by Crippen LogP contribution is -2.27. The second kappa shape index (κ2) is 6.80. The largest absolute Gasteiger partial charge is 0.341 e. The number of carbonyl (C=O) groups excluding carboxylic acids is 1. The number of amides is 1. The van der Waals surface area contributed by atoms with Crippen molar-refractivity contribution in [2.75, 3.05) is 7.05 Å². The van der Waals surface area contributed by atoms with Crippen LogP contribution < -0.4 is 0 Å². The van der Waals surface area contributed by atoms with Crippen molar-refractivity contribution >= 4 is 17.2 Å². The van der Waals surface area contributed by atoms with Crippen LogP contribution in [0.3, 0.4) is 0 Å². The van der Waals surface area contributed by atoms with Crippen LogP contribution in [0.1, 0.15) is 36.0 Å². The Labute approximate surface area is 128 Å². The zero-order valence-electron chi connectivity index (χ0n) is 12.5. The molecule has 0 spiro atoms. The van der Waals surface area contributed by atoms with Gasteiger partial charge < -0.3 is 4.90 Å². The number of rotatable bonds is 5. The van der Waals surface area contributed by atoms with Crippen molar-refractivity contribution in [1.82, 2.24) is 9.88 Å². The summed E-state index contributed by atoms with van der Waals surface area (Å²) in [5, 5.41) is 2.98. The van der Waals surface area contributed by atoms with Gasteiger partial charge in [-0.1, -0.05) is 26.0 Å². The summed E-state index contributed by atoms with van der Waals surface area (Å²) in [5.41, 5.74) is 1.59. The third-order valence-corrected chi connectivity index (χ3v) is 4.32. The molecule has 0 radical (unpaired) electrons. The van der Waals surface area contributed by atoms with Gasteiger partial charge in [-0.25, -0.2) is 9.37 Å². The summed E-state index contributed by atoms with van der Waals surface area (Å²) in [5.74, 6) is 0.0816. The van der Waals surface area contributed by atoms with Crippen LogP contribution in [0.15, 0.2) is 29.6 Å². The molecule has 1 amide bonds. The van der Waals surface area contributed by atoms with E-state index in [1.165, 1.54) is 12.1 Å². The Bertz CT molecular complexity index is 624. The van der Waals surface area contributed by atoms with E-state index in [0.29, 0.717) is 12.5 Å². The zero-order chi connectivity index (χ0) is 15.4. The number of benzene rings is 1. The van der Waals surface area contributed by atoms with Crippen LogP contribution in [-0.2, 0) is 17.8 Å². The monoisotopic (exact) mass is 306 g/mol. The molecule has 21 heavy (non-hydrogen) atoms. The molecule has 0 N–H and O–H groups in total. The maximum Gasteiger partial charge on any atom is 0.228 e. The van der Waals surface area contributed by atoms with E-state index in [-0.39, 0.29) is 18.1 Å². The Morgan fingerprint density at radius 3 is 2.81 bits per heavy atom. The average molecular weight is 306 g/mol. The summed E-state index contributed by atoms with van der Waals surface area (Å²) in [6.45, 7) is 4.57. The molecule has 0 aliphatic heterocycles. The molecule has 0 saturated heterocycles. The molecule has 0 aliphatic rings. The summed E-state index contributed by atoms with van der Waals surface area (Å²) in [6, 6.07) is 6.31. The van der Waals surface area contributed by atoms with Crippen LogP contribution in [0.4, 0.5) is 4.39 Å². The summed E-state index contributed by atoms with van der Waals surface area (Å²) < 4.78 is 13.1. The maximum absolute atomic E-state index is 13.1. The highest BCUT2D eigenvalue weighted by Crippen LogP contribution is 2.19. The minimum absolute atomic E-state index is 0.0140. The Balaban J connectivity index is 1.95. The number of hydrogen-bond acceptors (Lipinski definition) is 3. The molecule has 0 bridgehead atoms. The molecule has 0 saturated carbocycles. The van der Waals surface area contributed by atoms with Gasteiger partial charge in [0.1, 0.15) is 5.82 Å². The minimum atomic E-state index is -0.283. The predicted molar refractivity (Wildman–Crippen MR) is 82.8 cm³/mol. The minimum Gasteiger partial charge on any atom is -0.341 e. The fourth-order valence-electron chi connectivity index (χ4n) is 1.96. The average Bonchev–Trinajstić information content (AvgIpc) is 2.87. The van der Waals surface area contributed by atoms with Crippen LogP contribution in [0.5, 0.6) is 0 Å². The number of thiazole rings is 1. The molecule has 0 atom stereocenters. The van der Waals surface area contributed by atoms with Crippen molar-refractivity contribution in [3.8, 4) is 0 Å². The van der Waals surface area contributed by atoms with Crippen molar-refractivity contribution in [2.45, 2.75) is 32.7 Å². The van der Waals surface area contributed by atoms with Gasteiger partial charge in [-0.2, -0.15) is 0 Å². The van der Waals surface area contributed by atoms with E-state index in [2.05, 4.69) is 18.8 Å². The highest BCUT2D eigenvalue weighted by atomic mass is 32.1. The quantitative estimate of drug-likeness (QED) is 0.845. The van der Waals surface area contributed by atoms with E-state index < -0.39 is 0 Å². The predicted octanol–water partition coefficient (Wildman–Crippen LogP) is 3.61. The van der Waals surface area contributed by atoms with E-state index in [1.807, 2.05) is 11.4 Å². The van der Waals surface area contributed by atoms with Gasteiger partial charge in [-0.15, -0.1) is 11.3 Å². The smallest absolute Gasteiger partial charge is 0.228 e. The normalized spacial score (nSPS) is 10.9. The molecule has 0 fully saturated rings. The number of nitrogens with zero attached hydrogens (tertiary/aromatic N) is 2. The highest BCUT2D eigenvalue weighted by Gasteiger charge is 2.13. The first-order valence-electron chi connectivity index (χ1n) is 6.88. The number of likely N-dealkylation sites (N-methyl/N-ethyl adjacent to an activating group) is 1. The van der Waals surface area contributed by atoms with Crippen LogP contribution in [0.25, 0.3) is 0 Å². The molecular weight excluding hydrogens is 287 g/mol. The van der Waals surface area contributed by atoms with Gasteiger partial charge in [0.2, 0.25) is 5.91 Å². The van der Waals surface area contributed by atoms with Gasteiger partial charge in [0.05, 0.1) is 17.1 Å². The summed E-state index contributed by atoms with van der Waals surface area (Å²) in [6.07, 6.45) is 0.287. The van der Waals surface area contributed by atoms with E-state index in [9.17, 15) is 9.18 Å². The number of hydrogen-bond donors (Lipinski definition) is 0. The van der Waals surface area contributed by atoms with Crippen molar-refractivity contribution in [3.63, 3.8) is 0 Å². The lowest BCUT2D eigenvalue weighted by atomic mass is 10.2. The molecular formula is C16H19FN2OS. The van der Waals surface area contributed by atoms with E-state index >= 15 is 0 Å². The second-order valence-electron chi connectivity index (χ2n) is 5.39. The molecule has 1 aromatic carbocycles. The second-order valence-corrected chi connectivity index (χ2v) is 6.28. The molecule has 3 nitrogen and oxygen atoms in total. The Hall–Kier alpha value is -1.75. The number of carbonyl (C=O) groups is 1. The topological polar surface area (TPSA) is 33.2 Å². The third kappa shape index (κ3) is 4.36. The van der Waals surface area contributed by atoms with E-state index in [0.717, 1.165) is 16.3 Å². The standard InChI is InChI=1S/C16H19FN2OS/c1-11(2)16-18-14(10-21-16)8-15(20)19(3)9-12-5-4-6-13(17)7-12/h4-7,10-11H,8-9H2,1-3H3. The maximum atomic E-state index is 13.1. The fraction of sp³-hybridized carbons (Fsp3) is 0.375. The van der Waals surface area contributed by atoms with Crippen LogP contribution in [0.2, 0.25) is 0 Å². The molecule has 2 aromatic rings. The molecule has 0 unspecified atom stereocenters. The van der Waals surface area contributed by atoms with Gasteiger partial charge in [0.15, 0.2) is 0 Å². The summed E-state index contributed by atoms with van der Waals surface area (Å²) >= 11 is 1.59. The van der Waals surface area contributed by atoms with Crippen LogP contribution >= 0.6 is 11.3 Å². The van der Waals surface area contributed by atoms with Crippen LogP contribution in [0, 0.1) is 5.82 Å². The molecule has 1 heterocycles. The fourth-order valence-corrected chi connectivity index (χ4v) is 2.79. The molecule has 1 aromatic heterocycles. The van der Waals surface area contributed by atoms with E-state index in [4.69, 9.17) is 0 Å². The first-order valence-corrected chi connectivity index (χ1v) is 7.76. The molecule has 2 rings (SSSR count). The Kier molecular flexibility index (Phi) is 5.07. The first kappa shape index (κ1) is 15.6. The first-order chi connectivity index (χ1) is 9.95. The SMILES string of the molecule is CC(C)c1nc(CC(=O)N(C)Cc2cccc(F)c2)cs1. The summed E-state index contributed by atoms with van der Waals surface area (Å²) in [4.78, 5) is 18.2. The third-order valence-electron chi connectivity index (χ3n) is 3.13. The molecule has 5 heteroatoms. The van der Waals surface area contributed by atoms with E-state index in [1.54, 1.807) is 29.4 Å². The van der Waals surface area contributed by atoms with Gasteiger partial charge in [0.25, 0.3) is 0 Å². The molecule has 112 valence electrons. The number of aromatic nitrogens is 1. The Morgan fingerprint density at radius 1 is 1.43 bits per heavy atom. The summed E-state index contributed by atoms with van der Waals surface area (Å²) in [7, 11) is 1.73. The van der Waals surface area contributed by atoms with Crippen molar-refractivity contribution < 1.29 is 9.18 Å². The lowest BCUT2D eigenvalue weighted by Gasteiger charge is -2.16. The lowest BCUT2D eigenvalue weighted by molar-refractivity contribution is -0.129. The van der Waals surface area contributed by atoms with Crippen molar-refractivity contribution in [2.24, 2.45) is 0 Å². The van der Waals surface area contributed by atoms with Crippen molar-refractivity contribution in [3.05, 3.63) is 51.7 Å². The highest BCUT2D eigenvalue weighted by molar-refractivity contribution is 7.09. The van der Waals surface area contributed by atoms with Gasteiger partial charge in [-0.05, 0) is 17.7 Å². The van der Waals surface area contributed by atoms with Crippen molar-refractivity contribution in [1.29, 1.82) is 0 Å². The Morgan fingerprint density at radius 2 is 2.19 bits per heavy atom. The number of halogens is 1.